The molecule has 0 radical (unpaired) electrons. The first-order chi connectivity index (χ1) is 12.8. The lowest BCUT2D eigenvalue weighted by Crippen LogP contribution is -2.47. The van der Waals surface area contributed by atoms with Crippen LogP contribution in [-0.4, -0.2) is 49.2 Å². The number of pyridine rings is 2. The van der Waals surface area contributed by atoms with E-state index < -0.39 is 0 Å². The van der Waals surface area contributed by atoms with Crippen LogP contribution in [0.15, 0.2) is 61.2 Å². The SMILES string of the molecule is Cn1cc([C@H]2CN(Cc3ccccn3)CCN2Cc2ccccn2)cn1. The summed E-state index contributed by atoms with van der Waals surface area (Å²) < 4.78 is 1.88. The van der Waals surface area contributed by atoms with Crippen molar-refractivity contribution in [2.45, 2.75) is 19.1 Å². The zero-order valence-electron chi connectivity index (χ0n) is 15.1. The molecule has 3 aromatic rings. The molecule has 3 aromatic heterocycles. The molecule has 0 aromatic carbocycles. The van der Waals surface area contributed by atoms with Crippen molar-refractivity contribution in [3.8, 4) is 0 Å². The van der Waals surface area contributed by atoms with Gasteiger partial charge in [0.25, 0.3) is 0 Å². The van der Waals surface area contributed by atoms with Gasteiger partial charge in [0.05, 0.1) is 23.6 Å². The third kappa shape index (κ3) is 3.98. The van der Waals surface area contributed by atoms with Crippen LogP contribution in [0.3, 0.4) is 0 Å². The van der Waals surface area contributed by atoms with Crippen molar-refractivity contribution < 1.29 is 0 Å². The van der Waals surface area contributed by atoms with Gasteiger partial charge in [0.2, 0.25) is 0 Å². The minimum atomic E-state index is 0.308. The van der Waals surface area contributed by atoms with Crippen LogP contribution in [-0.2, 0) is 20.1 Å². The van der Waals surface area contributed by atoms with Crippen LogP contribution in [0.2, 0.25) is 0 Å². The van der Waals surface area contributed by atoms with Gasteiger partial charge >= 0.3 is 0 Å². The van der Waals surface area contributed by atoms with E-state index in [0.29, 0.717) is 6.04 Å². The van der Waals surface area contributed by atoms with E-state index in [2.05, 4.69) is 55.3 Å². The summed E-state index contributed by atoms with van der Waals surface area (Å²) in [6.07, 6.45) is 7.84. The summed E-state index contributed by atoms with van der Waals surface area (Å²) >= 11 is 0. The topological polar surface area (TPSA) is 50.1 Å². The van der Waals surface area contributed by atoms with E-state index in [0.717, 1.165) is 44.1 Å². The molecule has 1 aliphatic heterocycles. The van der Waals surface area contributed by atoms with Gasteiger partial charge in [-0.2, -0.15) is 5.10 Å². The molecule has 0 amide bonds. The lowest BCUT2D eigenvalue weighted by atomic mass is 10.1. The zero-order valence-corrected chi connectivity index (χ0v) is 15.1. The van der Waals surface area contributed by atoms with E-state index in [4.69, 9.17) is 0 Å². The Morgan fingerprint density at radius 3 is 2.31 bits per heavy atom. The third-order valence-corrected chi connectivity index (χ3v) is 4.89. The molecule has 0 spiro atoms. The quantitative estimate of drug-likeness (QED) is 0.708. The van der Waals surface area contributed by atoms with Crippen LogP contribution in [0.1, 0.15) is 23.0 Å². The molecule has 4 rings (SSSR count). The average Bonchev–Trinajstić information content (AvgIpc) is 3.11. The van der Waals surface area contributed by atoms with Gasteiger partial charge in [-0.15, -0.1) is 0 Å². The smallest absolute Gasteiger partial charge is 0.0544 e. The molecule has 0 saturated carbocycles. The predicted octanol–water partition coefficient (Wildman–Crippen LogP) is 2.27. The van der Waals surface area contributed by atoms with Crippen LogP contribution in [0.5, 0.6) is 0 Å². The maximum Gasteiger partial charge on any atom is 0.0544 e. The van der Waals surface area contributed by atoms with E-state index in [-0.39, 0.29) is 0 Å². The highest BCUT2D eigenvalue weighted by Gasteiger charge is 2.29. The molecular weight excluding hydrogens is 324 g/mol. The van der Waals surface area contributed by atoms with Crippen molar-refractivity contribution in [2.24, 2.45) is 7.05 Å². The Morgan fingerprint density at radius 1 is 0.962 bits per heavy atom. The average molecular weight is 348 g/mol. The molecule has 1 saturated heterocycles. The van der Waals surface area contributed by atoms with Crippen molar-refractivity contribution in [2.75, 3.05) is 19.6 Å². The number of hydrogen-bond donors (Lipinski definition) is 0. The maximum atomic E-state index is 4.51. The standard InChI is InChI=1S/C20H24N6/c1-24-13-17(12-23-24)20-16-25(14-18-6-2-4-8-21-18)10-11-26(20)15-19-7-3-5-9-22-19/h2-9,12-13,20H,10-11,14-16H2,1H3/t20-/m1/s1. The van der Waals surface area contributed by atoms with Crippen molar-refractivity contribution in [1.82, 2.24) is 29.5 Å². The summed E-state index contributed by atoms with van der Waals surface area (Å²) in [5.74, 6) is 0. The molecule has 0 unspecified atom stereocenters. The second-order valence-electron chi connectivity index (χ2n) is 6.81. The predicted molar refractivity (Wildman–Crippen MR) is 100 cm³/mol. The van der Waals surface area contributed by atoms with E-state index in [9.17, 15) is 0 Å². The monoisotopic (exact) mass is 348 g/mol. The first-order valence-electron chi connectivity index (χ1n) is 9.03. The molecule has 0 bridgehead atoms. The summed E-state index contributed by atoms with van der Waals surface area (Å²) in [4.78, 5) is 14.0. The van der Waals surface area contributed by atoms with E-state index in [1.54, 1.807) is 0 Å². The van der Waals surface area contributed by atoms with Gasteiger partial charge in [-0.25, -0.2) is 0 Å². The largest absolute Gasteiger partial charge is 0.294 e. The first-order valence-corrected chi connectivity index (χ1v) is 9.03. The Kier molecular flexibility index (Phi) is 5.04. The van der Waals surface area contributed by atoms with Gasteiger partial charge in [-0.3, -0.25) is 24.4 Å². The van der Waals surface area contributed by atoms with Crippen LogP contribution in [0.25, 0.3) is 0 Å². The van der Waals surface area contributed by atoms with E-state index in [1.807, 2.05) is 42.5 Å². The van der Waals surface area contributed by atoms with Gasteiger partial charge in [-0.1, -0.05) is 12.1 Å². The summed E-state index contributed by atoms with van der Waals surface area (Å²) in [7, 11) is 1.97. The number of rotatable bonds is 5. The first kappa shape index (κ1) is 16.9. The molecule has 26 heavy (non-hydrogen) atoms. The highest BCUT2D eigenvalue weighted by molar-refractivity contribution is 5.14. The van der Waals surface area contributed by atoms with Crippen molar-refractivity contribution in [3.63, 3.8) is 0 Å². The molecule has 6 heteroatoms. The van der Waals surface area contributed by atoms with Crippen LogP contribution in [0.4, 0.5) is 0 Å². The molecule has 0 N–H and O–H groups in total. The molecule has 4 heterocycles. The maximum absolute atomic E-state index is 4.51. The lowest BCUT2D eigenvalue weighted by molar-refractivity contribution is 0.0619. The highest BCUT2D eigenvalue weighted by Crippen LogP contribution is 2.27. The van der Waals surface area contributed by atoms with Crippen LogP contribution >= 0.6 is 0 Å². The number of hydrogen-bond acceptors (Lipinski definition) is 5. The number of aromatic nitrogens is 4. The summed E-state index contributed by atoms with van der Waals surface area (Å²) in [6.45, 7) is 4.74. The van der Waals surface area contributed by atoms with Gasteiger partial charge < -0.3 is 0 Å². The lowest BCUT2D eigenvalue weighted by Gasteiger charge is -2.41. The Balaban J connectivity index is 1.52. The fraction of sp³-hybridized carbons (Fsp3) is 0.350. The fourth-order valence-corrected chi connectivity index (χ4v) is 3.56. The molecule has 1 atom stereocenters. The Hall–Kier alpha value is -2.57. The molecule has 0 aliphatic carbocycles. The Bertz CT molecular complexity index is 817. The molecule has 6 nitrogen and oxygen atoms in total. The summed E-state index contributed by atoms with van der Waals surface area (Å²) in [5, 5.41) is 4.39. The van der Waals surface area contributed by atoms with Gasteiger partial charge in [-0.05, 0) is 24.3 Å². The Morgan fingerprint density at radius 2 is 1.69 bits per heavy atom. The second-order valence-corrected chi connectivity index (χ2v) is 6.81. The number of aryl methyl sites for hydroxylation is 1. The summed E-state index contributed by atoms with van der Waals surface area (Å²) in [5.41, 5.74) is 3.49. The van der Waals surface area contributed by atoms with Crippen LogP contribution < -0.4 is 0 Å². The second kappa shape index (κ2) is 7.76. The van der Waals surface area contributed by atoms with E-state index >= 15 is 0 Å². The number of piperazine rings is 1. The minimum Gasteiger partial charge on any atom is -0.294 e. The molecule has 1 fully saturated rings. The highest BCUT2D eigenvalue weighted by atomic mass is 15.3. The molecule has 1 aliphatic rings. The summed E-state index contributed by atoms with van der Waals surface area (Å²) in [6, 6.07) is 12.5. The van der Waals surface area contributed by atoms with Gasteiger partial charge in [0.1, 0.15) is 0 Å². The zero-order chi connectivity index (χ0) is 17.8. The normalized spacial score (nSPS) is 18.9. The van der Waals surface area contributed by atoms with Crippen LogP contribution in [0, 0.1) is 0 Å². The minimum absolute atomic E-state index is 0.308. The number of nitrogens with zero attached hydrogens (tertiary/aromatic N) is 6. The van der Waals surface area contributed by atoms with Gasteiger partial charge in [0, 0.05) is 63.9 Å². The fourth-order valence-electron chi connectivity index (χ4n) is 3.56. The Labute approximate surface area is 154 Å². The van der Waals surface area contributed by atoms with E-state index in [1.165, 1.54) is 5.56 Å². The third-order valence-electron chi connectivity index (χ3n) is 4.89. The van der Waals surface area contributed by atoms with Gasteiger partial charge in [0.15, 0.2) is 0 Å². The van der Waals surface area contributed by atoms with Crippen molar-refractivity contribution in [1.29, 1.82) is 0 Å². The van der Waals surface area contributed by atoms with Crippen molar-refractivity contribution in [3.05, 3.63) is 78.1 Å². The molecule has 134 valence electrons. The molecular formula is C20H24N6. The van der Waals surface area contributed by atoms with Crippen molar-refractivity contribution >= 4 is 0 Å².